The van der Waals surface area contributed by atoms with Crippen molar-refractivity contribution in [2.24, 2.45) is 0 Å². The van der Waals surface area contributed by atoms with Crippen LogP contribution in [0.2, 0.25) is 0 Å². The molecule has 1 fully saturated rings. The standard InChI is InChI=1S/C28H25BrN2O5S/c1-3-35-22-11-9-21(10-12-22)30-26(32)16-31-27(33)25(37-28(31)34)15-20-8-13-24(23(29)14-20)36-17-19-6-4-18(2)5-7-19/h4-15H,3,16-17H2,1-2H3,(H,30,32)/b25-15+. The summed E-state index contributed by atoms with van der Waals surface area (Å²) in [6.07, 6.45) is 1.63. The maximum atomic E-state index is 12.8. The van der Waals surface area contributed by atoms with Gasteiger partial charge in [-0.3, -0.25) is 19.3 Å². The summed E-state index contributed by atoms with van der Waals surface area (Å²) in [4.78, 5) is 38.9. The minimum atomic E-state index is -0.507. The molecule has 4 rings (SSSR count). The van der Waals surface area contributed by atoms with Gasteiger partial charge in [-0.2, -0.15) is 0 Å². The molecule has 0 unspecified atom stereocenters. The van der Waals surface area contributed by atoms with Gasteiger partial charge in [0.1, 0.15) is 24.7 Å². The molecular weight excluding hydrogens is 556 g/mol. The molecule has 1 heterocycles. The van der Waals surface area contributed by atoms with Gasteiger partial charge in [-0.05, 0) is 95.1 Å². The molecule has 0 spiro atoms. The van der Waals surface area contributed by atoms with Crippen LogP contribution in [-0.2, 0) is 16.2 Å². The number of thioether (sulfide) groups is 1. The number of amides is 3. The molecule has 0 radical (unpaired) electrons. The first-order valence-corrected chi connectivity index (χ1v) is 13.2. The monoisotopic (exact) mass is 580 g/mol. The Morgan fingerprint density at radius 2 is 1.76 bits per heavy atom. The summed E-state index contributed by atoms with van der Waals surface area (Å²) in [6, 6.07) is 20.4. The molecule has 37 heavy (non-hydrogen) atoms. The SMILES string of the molecule is CCOc1ccc(NC(=O)CN2C(=O)S/C(=C/c3ccc(OCc4ccc(C)cc4)c(Br)c3)C2=O)cc1. The Balaban J connectivity index is 1.36. The summed E-state index contributed by atoms with van der Waals surface area (Å²) in [6.45, 7) is 4.52. The van der Waals surface area contributed by atoms with Gasteiger partial charge in [-0.25, -0.2) is 0 Å². The third-order valence-electron chi connectivity index (χ3n) is 5.39. The molecule has 1 saturated heterocycles. The highest BCUT2D eigenvalue weighted by molar-refractivity contribution is 9.10. The quantitative estimate of drug-likeness (QED) is 0.294. The molecule has 3 aromatic rings. The first-order valence-electron chi connectivity index (χ1n) is 11.6. The zero-order chi connectivity index (χ0) is 26.4. The molecule has 0 atom stereocenters. The van der Waals surface area contributed by atoms with Gasteiger partial charge >= 0.3 is 0 Å². The predicted octanol–water partition coefficient (Wildman–Crippen LogP) is 6.41. The van der Waals surface area contributed by atoms with Crippen molar-refractivity contribution in [2.75, 3.05) is 18.5 Å². The highest BCUT2D eigenvalue weighted by Gasteiger charge is 2.36. The molecule has 190 valence electrons. The van der Waals surface area contributed by atoms with Crippen molar-refractivity contribution in [1.29, 1.82) is 0 Å². The number of nitrogens with one attached hydrogen (secondary N) is 1. The maximum absolute atomic E-state index is 12.8. The fraction of sp³-hybridized carbons (Fsp3) is 0.179. The lowest BCUT2D eigenvalue weighted by atomic mass is 10.1. The molecule has 1 aliphatic rings. The molecule has 1 aliphatic heterocycles. The second kappa shape index (κ2) is 12.1. The van der Waals surface area contributed by atoms with E-state index in [0.29, 0.717) is 30.4 Å². The second-order valence-electron chi connectivity index (χ2n) is 8.24. The van der Waals surface area contributed by atoms with Crippen LogP contribution in [0.25, 0.3) is 6.08 Å². The summed E-state index contributed by atoms with van der Waals surface area (Å²) in [7, 11) is 0. The van der Waals surface area contributed by atoms with Gasteiger partial charge in [0.05, 0.1) is 16.0 Å². The number of ether oxygens (including phenoxy) is 2. The Morgan fingerprint density at radius 1 is 1.03 bits per heavy atom. The third-order valence-corrected chi connectivity index (χ3v) is 6.92. The van der Waals surface area contributed by atoms with Gasteiger partial charge in [0.25, 0.3) is 11.1 Å². The topological polar surface area (TPSA) is 84.9 Å². The molecule has 0 saturated carbocycles. The normalized spacial score (nSPS) is 14.2. The Labute approximate surface area is 228 Å². The van der Waals surface area contributed by atoms with Crippen LogP contribution in [0.3, 0.4) is 0 Å². The minimum Gasteiger partial charge on any atom is -0.494 e. The number of aryl methyl sites for hydroxylation is 1. The van der Waals surface area contributed by atoms with E-state index in [-0.39, 0.29) is 11.4 Å². The van der Waals surface area contributed by atoms with Crippen molar-refractivity contribution in [3.63, 3.8) is 0 Å². The largest absolute Gasteiger partial charge is 0.494 e. The van der Waals surface area contributed by atoms with Crippen molar-refractivity contribution >= 4 is 56.5 Å². The average Bonchev–Trinajstić information content (AvgIpc) is 3.13. The number of rotatable bonds is 9. The number of halogens is 1. The summed E-state index contributed by atoms with van der Waals surface area (Å²) in [5, 5.41) is 2.20. The zero-order valence-electron chi connectivity index (χ0n) is 20.3. The molecule has 1 N–H and O–H groups in total. The highest BCUT2D eigenvalue weighted by atomic mass is 79.9. The molecule has 3 aromatic carbocycles. The van der Waals surface area contributed by atoms with Gasteiger partial charge in [-0.1, -0.05) is 35.9 Å². The number of anilines is 1. The van der Waals surface area contributed by atoms with E-state index in [2.05, 4.69) is 21.2 Å². The van der Waals surface area contributed by atoms with E-state index in [1.165, 1.54) is 5.56 Å². The predicted molar refractivity (Wildman–Crippen MR) is 149 cm³/mol. The number of nitrogens with zero attached hydrogens (tertiary/aromatic N) is 1. The van der Waals surface area contributed by atoms with Crippen molar-refractivity contribution in [3.05, 3.63) is 92.8 Å². The lowest BCUT2D eigenvalue weighted by molar-refractivity contribution is -0.127. The summed E-state index contributed by atoms with van der Waals surface area (Å²) >= 11 is 4.32. The van der Waals surface area contributed by atoms with Gasteiger partial charge < -0.3 is 14.8 Å². The first kappa shape index (κ1) is 26.5. The van der Waals surface area contributed by atoms with Gasteiger partial charge in [-0.15, -0.1) is 0 Å². The van der Waals surface area contributed by atoms with E-state index in [1.807, 2.05) is 50.2 Å². The van der Waals surface area contributed by atoms with E-state index >= 15 is 0 Å². The number of hydrogen-bond acceptors (Lipinski definition) is 6. The number of hydrogen-bond donors (Lipinski definition) is 1. The maximum Gasteiger partial charge on any atom is 0.294 e. The number of benzene rings is 3. The molecule has 3 amide bonds. The number of imide groups is 1. The fourth-order valence-electron chi connectivity index (χ4n) is 3.50. The Hall–Kier alpha value is -3.56. The summed E-state index contributed by atoms with van der Waals surface area (Å²) in [5.41, 5.74) is 3.51. The van der Waals surface area contributed by atoms with E-state index in [0.717, 1.165) is 32.3 Å². The van der Waals surface area contributed by atoms with Crippen LogP contribution in [-0.4, -0.2) is 35.1 Å². The van der Waals surface area contributed by atoms with E-state index in [9.17, 15) is 14.4 Å². The second-order valence-corrected chi connectivity index (χ2v) is 10.1. The van der Waals surface area contributed by atoms with Gasteiger partial charge in [0, 0.05) is 5.69 Å². The van der Waals surface area contributed by atoms with E-state index < -0.39 is 17.1 Å². The first-order chi connectivity index (χ1) is 17.8. The van der Waals surface area contributed by atoms with Crippen LogP contribution >= 0.6 is 27.7 Å². The van der Waals surface area contributed by atoms with Crippen molar-refractivity contribution < 1.29 is 23.9 Å². The van der Waals surface area contributed by atoms with E-state index in [1.54, 1.807) is 36.4 Å². The van der Waals surface area contributed by atoms with Crippen LogP contribution in [0.1, 0.15) is 23.6 Å². The third kappa shape index (κ3) is 7.02. The van der Waals surface area contributed by atoms with E-state index in [4.69, 9.17) is 9.47 Å². The van der Waals surface area contributed by atoms with Crippen molar-refractivity contribution in [1.82, 2.24) is 4.90 Å². The fourth-order valence-corrected chi connectivity index (χ4v) is 4.85. The Bertz CT molecular complexity index is 1340. The van der Waals surface area contributed by atoms with Gasteiger partial charge in [0.2, 0.25) is 5.91 Å². The number of carbonyl (C=O) groups is 3. The van der Waals surface area contributed by atoms with Crippen LogP contribution in [0.5, 0.6) is 11.5 Å². The molecule has 0 aliphatic carbocycles. The van der Waals surface area contributed by atoms with Crippen LogP contribution < -0.4 is 14.8 Å². The molecular formula is C28H25BrN2O5S. The number of carbonyl (C=O) groups excluding carboxylic acids is 3. The average molecular weight is 581 g/mol. The highest BCUT2D eigenvalue weighted by Crippen LogP contribution is 2.34. The molecule has 0 bridgehead atoms. The summed E-state index contributed by atoms with van der Waals surface area (Å²) in [5.74, 6) is 0.379. The Morgan fingerprint density at radius 3 is 2.43 bits per heavy atom. The smallest absolute Gasteiger partial charge is 0.294 e. The lowest BCUT2D eigenvalue weighted by Gasteiger charge is -2.13. The molecule has 7 nitrogen and oxygen atoms in total. The van der Waals surface area contributed by atoms with Crippen LogP contribution in [0.15, 0.2) is 76.1 Å². The zero-order valence-corrected chi connectivity index (χ0v) is 22.7. The lowest BCUT2D eigenvalue weighted by Crippen LogP contribution is -2.36. The van der Waals surface area contributed by atoms with Crippen LogP contribution in [0.4, 0.5) is 10.5 Å². The molecule has 0 aromatic heterocycles. The van der Waals surface area contributed by atoms with Crippen molar-refractivity contribution in [3.8, 4) is 11.5 Å². The minimum absolute atomic E-state index is 0.249. The van der Waals surface area contributed by atoms with Gasteiger partial charge in [0.15, 0.2) is 0 Å². The Kier molecular flexibility index (Phi) is 8.68. The van der Waals surface area contributed by atoms with Crippen LogP contribution in [0, 0.1) is 6.92 Å². The summed E-state index contributed by atoms with van der Waals surface area (Å²) < 4.78 is 12.0. The van der Waals surface area contributed by atoms with Crippen molar-refractivity contribution in [2.45, 2.75) is 20.5 Å². The molecule has 9 heteroatoms.